The lowest BCUT2D eigenvalue weighted by Gasteiger charge is -2.38. The van der Waals surface area contributed by atoms with Gasteiger partial charge in [-0.2, -0.15) is 0 Å². The molecule has 1 aromatic heterocycles. The lowest BCUT2D eigenvalue weighted by molar-refractivity contribution is 0.0487. The third-order valence-electron chi connectivity index (χ3n) is 6.40. The van der Waals surface area contributed by atoms with Crippen LogP contribution in [0.4, 0.5) is 0 Å². The molecule has 0 bridgehead atoms. The summed E-state index contributed by atoms with van der Waals surface area (Å²) in [6, 6.07) is 10.1. The monoisotopic (exact) mass is 439 g/mol. The van der Waals surface area contributed by atoms with Crippen LogP contribution in [0.5, 0.6) is 0 Å². The number of rotatable bonds is 8. The van der Waals surface area contributed by atoms with Gasteiger partial charge >= 0.3 is 0 Å². The van der Waals surface area contributed by atoms with Gasteiger partial charge in [-0.1, -0.05) is 37.3 Å². The van der Waals surface area contributed by atoms with Crippen molar-refractivity contribution >= 4 is 11.8 Å². The predicted molar refractivity (Wildman–Crippen MR) is 124 cm³/mol. The van der Waals surface area contributed by atoms with Crippen LogP contribution in [0, 0.1) is 0 Å². The average Bonchev–Trinajstić information content (AvgIpc) is 2.83. The van der Waals surface area contributed by atoms with Gasteiger partial charge in [0.05, 0.1) is 0 Å². The first kappa shape index (κ1) is 23.7. The first-order valence-electron chi connectivity index (χ1n) is 11.4. The minimum absolute atomic E-state index is 0.00989. The molecule has 7 nitrogen and oxygen atoms in total. The van der Waals surface area contributed by atoms with Crippen LogP contribution in [0.15, 0.2) is 47.5 Å². The number of hydrogen-bond donors (Lipinski definition) is 2. The first-order valence-corrected chi connectivity index (χ1v) is 11.4. The molecule has 1 aromatic carbocycles. The zero-order valence-corrected chi connectivity index (χ0v) is 19.1. The van der Waals surface area contributed by atoms with E-state index in [1.165, 1.54) is 0 Å². The molecule has 1 aliphatic heterocycles. The molecule has 32 heavy (non-hydrogen) atoms. The van der Waals surface area contributed by atoms with Crippen LogP contribution in [0.25, 0.3) is 0 Å². The highest BCUT2D eigenvalue weighted by Crippen LogP contribution is 2.34. The molecule has 0 saturated carbocycles. The van der Waals surface area contributed by atoms with Gasteiger partial charge in [-0.05, 0) is 38.7 Å². The summed E-state index contributed by atoms with van der Waals surface area (Å²) in [5.41, 5.74) is 0.334. The van der Waals surface area contributed by atoms with Gasteiger partial charge in [0.25, 0.3) is 11.8 Å². The van der Waals surface area contributed by atoms with E-state index in [1.807, 2.05) is 32.0 Å². The average molecular weight is 440 g/mol. The summed E-state index contributed by atoms with van der Waals surface area (Å²) in [5, 5.41) is 5.66. The van der Waals surface area contributed by atoms with Crippen LogP contribution in [0.3, 0.4) is 0 Å². The SMILES string of the molecule is CCNC(=O)c1cn(C(C)CC)cc(C(=O)NCC2(c3ccccc3)CCOCC2)c1=O. The van der Waals surface area contributed by atoms with Gasteiger partial charge in [-0.15, -0.1) is 0 Å². The van der Waals surface area contributed by atoms with E-state index < -0.39 is 17.2 Å². The number of carbonyl (C=O) groups is 2. The van der Waals surface area contributed by atoms with Crippen LogP contribution in [-0.4, -0.2) is 42.7 Å². The second-order valence-corrected chi connectivity index (χ2v) is 8.42. The predicted octanol–water partition coefficient (Wildman–Crippen LogP) is 3.05. The van der Waals surface area contributed by atoms with E-state index >= 15 is 0 Å². The van der Waals surface area contributed by atoms with E-state index in [2.05, 4.69) is 22.8 Å². The molecular formula is C25H33N3O4. The van der Waals surface area contributed by atoms with Crippen molar-refractivity contribution < 1.29 is 14.3 Å². The van der Waals surface area contributed by atoms with Crippen molar-refractivity contribution in [2.45, 2.75) is 51.5 Å². The summed E-state index contributed by atoms with van der Waals surface area (Å²) in [4.78, 5) is 38.7. The van der Waals surface area contributed by atoms with Gasteiger partial charge in [0.15, 0.2) is 0 Å². The fourth-order valence-electron chi connectivity index (χ4n) is 4.11. The lowest BCUT2D eigenvalue weighted by atomic mass is 9.74. The van der Waals surface area contributed by atoms with Gasteiger partial charge < -0.3 is 19.9 Å². The van der Waals surface area contributed by atoms with Gasteiger partial charge in [0.2, 0.25) is 5.43 Å². The van der Waals surface area contributed by atoms with E-state index in [-0.39, 0.29) is 22.6 Å². The topological polar surface area (TPSA) is 89.4 Å². The Kier molecular flexibility index (Phi) is 7.85. The van der Waals surface area contributed by atoms with E-state index in [0.29, 0.717) is 26.3 Å². The van der Waals surface area contributed by atoms with Crippen molar-refractivity contribution in [3.05, 3.63) is 69.6 Å². The second kappa shape index (κ2) is 10.6. The number of aromatic nitrogens is 1. The number of nitrogens with one attached hydrogen (secondary N) is 2. The van der Waals surface area contributed by atoms with Crippen LogP contribution in [0.2, 0.25) is 0 Å². The quantitative estimate of drug-likeness (QED) is 0.662. The molecular weight excluding hydrogens is 406 g/mol. The van der Waals surface area contributed by atoms with E-state index in [9.17, 15) is 14.4 Å². The molecule has 0 spiro atoms. The summed E-state index contributed by atoms with van der Waals surface area (Å²) in [7, 11) is 0. The number of hydrogen-bond acceptors (Lipinski definition) is 4. The third-order valence-corrected chi connectivity index (χ3v) is 6.40. The number of amides is 2. The number of ether oxygens (including phenoxy) is 1. The molecule has 2 amide bonds. The zero-order valence-electron chi connectivity index (χ0n) is 19.1. The van der Waals surface area contributed by atoms with Gasteiger partial charge in [-0.3, -0.25) is 14.4 Å². The fourth-order valence-corrected chi connectivity index (χ4v) is 4.11. The molecule has 7 heteroatoms. The highest BCUT2D eigenvalue weighted by molar-refractivity contribution is 5.99. The third kappa shape index (κ3) is 5.10. The Labute approximate surface area is 189 Å². The van der Waals surface area contributed by atoms with E-state index in [1.54, 1.807) is 23.9 Å². The Morgan fingerprint density at radius 1 is 1.03 bits per heavy atom. The van der Waals surface area contributed by atoms with Gasteiger partial charge in [0.1, 0.15) is 11.1 Å². The van der Waals surface area contributed by atoms with Crippen molar-refractivity contribution in [2.24, 2.45) is 0 Å². The van der Waals surface area contributed by atoms with Crippen LogP contribution in [-0.2, 0) is 10.2 Å². The maximum Gasteiger partial charge on any atom is 0.256 e. The summed E-state index contributed by atoms with van der Waals surface area (Å²) in [6.07, 6.45) is 5.48. The Morgan fingerprint density at radius 3 is 2.19 bits per heavy atom. The second-order valence-electron chi connectivity index (χ2n) is 8.42. The fraction of sp³-hybridized carbons (Fsp3) is 0.480. The summed E-state index contributed by atoms with van der Waals surface area (Å²) in [5.74, 6) is -0.922. The molecule has 3 rings (SSSR count). The van der Waals surface area contributed by atoms with Gasteiger partial charge in [-0.25, -0.2) is 0 Å². The molecule has 1 atom stereocenters. The molecule has 2 aromatic rings. The number of nitrogens with zero attached hydrogens (tertiary/aromatic N) is 1. The highest BCUT2D eigenvalue weighted by Gasteiger charge is 2.35. The molecule has 0 radical (unpaired) electrons. The zero-order chi connectivity index (χ0) is 23.1. The number of benzene rings is 1. The van der Waals surface area contributed by atoms with Crippen molar-refractivity contribution in [2.75, 3.05) is 26.3 Å². The number of carbonyl (C=O) groups excluding carboxylic acids is 2. The maximum atomic E-state index is 13.2. The maximum absolute atomic E-state index is 13.2. The smallest absolute Gasteiger partial charge is 0.256 e. The largest absolute Gasteiger partial charge is 0.381 e. The first-order chi connectivity index (χ1) is 15.4. The summed E-state index contributed by atoms with van der Waals surface area (Å²) in [6.45, 7) is 7.84. The van der Waals surface area contributed by atoms with Crippen molar-refractivity contribution in [1.82, 2.24) is 15.2 Å². The van der Waals surface area contributed by atoms with Crippen LogP contribution < -0.4 is 16.1 Å². The highest BCUT2D eigenvalue weighted by atomic mass is 16.5. The van der Waals surface area contributed by atoms with Crippen molar-refractivity contribution in [1.29, 1.82) is 0 Å². The molecule has 1 saturated heterocycles. The Morgan fingerprint density at radius 2 is 1.62 bits per heavy atom. The minimum atomic E-state index is -0.547. The van der Waals surface area contributed by atoms with Crippen molar-refractivity contribution in [3.63, 3.8) is 0 Å². The molecule has 1 aliphatic rings. The van der Waals surface area contributed by atoms with Crippen LogP contribution >= 0.6 is 0 Å². The normalized spacial score (nSPS) is 16.2. The van der Waals surface area contributed by atoms with E-state index in [4.69, 9.17) is 4.74 Å². The molecule has 2 heterocycles. The van der Waals surface area contributed by atoms with E-state index in [0.717, 1.165) is 24.8 Å². The summed E-state index contributed by atoms with van der Waals surface area (Å²) >= 11 is 0. The van der Waals surface area contributed by atoms with Crippen molar-refractivity contribution in [3.8, 4) is 0 Å². The molecule has 172 valence electrons. The minimum Gasteiger partial charge on any atom is -0.381 e. The molecule has 0 aliphatic carbocycles. The Bertz CT molecular complexity index is 994. The molecule has 1 fully saturated rings. The lowest BCUT2D eigenvalue weighted by Crippen LogP contribution is -2.45. The Balaban J connectivity index is 1.91. The Hall–Kier alpha value is -2.93. The standard InChI is InChI=1S/C25H33N3O4/c1-4-18(3)28-15-20(23(30)26-5-2)22(29)21(16-28)24(31)27-17-25(11-13-32-14-12-25)19-9-7-6-8-10-19/h6-10,15-16,18H,4-5,11-14,17H2,1-3H3,(H,26,30)(H,27,31). The summed E-state index contributed by atoms with van der Waals surface area (Å²) < 4.78 is 7.35. The molecule has 1 unspecified atom stereocenters. The number of pyridine rings is 1. The van der Waals surface area contributed by atoms with Crippen LogP contribution in [0.1, 0.15) is 72.4 Å². The van der Waals surface area contributed by atoms with Gasteiger partial charge in [0, 0.05) is 50.2 Å². The molecule has 2 N–H and O–H groups in total.